The van der Waals surface area contributed by atoms with Crippen molar-refractivity contribution in [3.63, 3.8) is 0 Å². The Balaban J connectivity index is 1.78. The van der Waals surface area contributed by atoms with Gasteiger partial charge >= 0.3 is 12.1 Å². The number of carbonyl (C=O) groups is 3. The van der Waals surface area contributed by atoms with E-state index < -0.39 is 23.7 Å². The van der Waals surface area contributed by atoms with Crippen LogP contribution in [-0.4, -0.2) is 41.3 Å². The van der Waals surface area contributed by atoms with Crippen molar-refractivity contribution < 1.29 is 24.2 Å². The standard InChI is InChI=1S/C22H31BrN2O5/c1-22(2,3)30-21(29)24-13-15-4-8-16(9-5-15)19(26)25-18(20(27)28)12-14-6-10-17(23)11-7-14/h6-7,10-11,15-16,18H,4-5,8-9,12-13H2,1-3H3,(H,24,29)(H,25,26)(H,27,28). The molecule has 1 aromatic rings. The molecule has 1 saturated carbocycles. The summed E-state index contributed by atoms with van der Waals surface area (Å²) >= 11 is 3.35. The molecule has 8 heteroatoms. The number of amides is 2. The van der Waals surface area contributed by atoms with Crippen LogP contribution >= 0.6 is 15.9 Å². The van der Waals surface area contributed by atoms with E-state index in [2.05, 4.69) is 26.6 Å². The Labute approximate surface area is 186 Å². The molecule has 0 heterocycles. The first-order chi connectivity index (χ1) is 14.0. The molecule has 1 fully saturated rings. The second kappa shape index (κ2) is 10.8. The van der Waals surface area contributed by atoms with Gasteiger partial charge < -0.3 is 20.5 Å². The maximum atomic E-state index is 12.6. The number of benzene rings is 1. The number of hydrogen-bond donors (Lipinski definition) is 3. The molecule has 1 aromatic carbocycles. The minimum absolute atomic E-state index is 0.199. The van der Waals surface area contributed by atoms with Crippen LogP contribution in [0.1, 0.15) is 52.0 Å². The minimum atomic E-state index is -1.04. The number of carboxylic acids is 1. The second-order valence-electron chi connectivity index (χ2n) is 8.83. The van der Waals surface area contributed by atoms with Gasteiger partial charge in [0, 0.05) is 23.4 Å². The highest BCUT2D eigenvalue weighted by Gasteiger charge is 2.30. The van der Waals surface area contributed by atoms with E-state index in [-0.39, 0.29) is 18.2 Å². The molecule has 0 radical (unpaired) electrons. The minimum Gasteiger partial charge on any atom is -0.480 e. The van der Waals surface area contributed by atoms with Crippen LogP contribution in [0.25, 0.3) is 0 Å². The van der Waals surface area contributed by atoms with Gasteiger partial charge in [0.2, 0.25) is 5.91 Å². The summed E-state index contributed by atoms with van der Waals surface area (Å²) in [5, 5.41) is 15.0. The van der Waals surface area contributed by atoms with Crippen LogP contribution in [0.3, 0.4) is 0 Å². The van der Waals surface area contributed by atoms with Gasteiger partial charge in [-0.2, -0.15) is 0 Å². The van der Waals surface area contributed by atoms with E-state index in [0.29, 0.717) is 25.3 Å². The highest BCUT2D eigenvalue weighted by Crippen LogP contribution is 2.29. The molecule has 166 valence electrons. The fraction of sp³-hybridized carbons (Fsp3) is 0.591. The Kier molecular flexibility index (Phi) is 8.70. The molecular weight excluding hydrogens is 452 g/mol. The summed E-state index contributed by atoms with van der Waals surface area (Å²) in [7, 11) is 0. The maximum absolute atomic E-state index is 12.6. The third-order valence-corrected chi connectivity index (χ3v) is 5.65. The largest absolute Gasteiger partial charge is 0.480 e. The molecule has 30 heavy (non-hydrogen) atoms. The number of alkyl carbamates (subject to hydrolysis) is 1. The van der Waals surface area contributed by atoms with Crippen molar-refractivity contribution in [2.24, 2.45) is 11.8 Å². The predicted molar refractivity (Wildman–Crippen MR) is 117 cm³/mol. The molecule has 7 nitrogen and oxygen atoms in total. The van der Waals surface area contributed by atoms with E-state index in [0.717, 1.165) is 22.9 Å². The van der Waals surface area contributed by atoms with E-state index in [4.69, 9.17) is 4.74 Å². The van der Waals surface area contributed by atoms with Gasteiger partial charge in [-0.3, -0.25) is 4.79 Å². The molecule has 0 spiro atoms. The fourth-order valence-corrected chi connectivity index (χ4v) is 3.78. The molecule has 2 amide bonds. The average molecular weight is 483 g/mol. The molecule has 0 bridgehead atoms. The van der Waals surface area contributed by atoms with Crippen LogP contribution in [0.15, 0.2) is 28.7 Å². The van der Waals surface area contributed by atoms with Crippen LogP contribution in [0, 0.1) is 11.8 Å². The summed E-state index contributed by atoms with van der Waals surface area (Å²) in [6.45, 7) is 5.97. The molecule has 1 aliphatic rings. The molecule has 0 aromatic heterocycles. The smallest absolute Gasteiger partial charge is 0.407 e. The molecule has 2 rings (SSSR count). The second-order valence-corrected chi connectivity index (χ2v) is 9.75. The Morgan fingerprint density at radius 3 is 2.27 bits per heavy atom. The zero-order valence-corrected chi connectivity index (χ0v) is 19.3. The number of aliphatic carboxylic acids is 1. The number of carboxylic acid groups (broad SMARTS) is 1. The quantitative estimate of drug-likeness (QED) is 0.546. The summed E-state index contributed by atoms with van der Waals surface area (Å²) in [4.78, 5) is 36.0. The first-order valence-corrected chi connectivity index (χ1v) is 11.1. The molecule has 1 aliphatic carbocycles. The number of ether oxygens (including phenoxy) is 1. The van der Waals surface area contributed by atoms with E-state index in [1.54, 1.807) is 0 Å². The highest BCUT2D eigenvalue weighted by molar-refractivity contribution is 9.10. The lowest BCUT2D eigenvalue weighted by Crippen LogP contribution is -2.46. The summed E-state index contributed by atoms with van der Waals surface area (Å²) < 4.78 is 6.15. The Hall–Kier alpha value is -2.09. The van der Waals surface area contributed by atoms with Gasteiger partial charge in [0.25, 0.3) is 0 Å². The zero-order chi connectivity index (χ0) is 22.3. The van der Waals surface area contributed by atoms with Crippen LogP contribution in [0.5, 0.6) is 0 Å². The number of hydrogen-bond acceptors (Lipinski definition) is 4. The Morgan fingerprint density at radius 1 is 1.13 bits per heavy atom. The number of halogens is 1. The van der Waals surface area contributed by atoms with Gasteiger partial charge in [-0.15, -0.1) is 0 Å². The fourth-order valence-electron chi connectivity index (χ4n) is 3.52. The van der Waals surface area contributed by atoms with Crippen molar-refractivity contribution in [3.8, 4) is 0 Å². The van der Waals surface area contributed by atoms with Crippen molar-refractivity contribution in [3.05, 3.63) is 34.3 Å². The van der Waals surface area contributed by atoms with E-state index in [1.807, 2.05) is 45.0 Å². The molecule has 3 N–H and O–H groups in total. The first kappa shape index (κ1) is 24.2. The topological polar surface area (TPSA) is 105 Å². The summed E-state index contributed by atoms with van der Waals surface area (Å²) in [5.74, 6) is -1.16. The van der Waals surface area contributed by atoms with Gasteiger partial charge in [0.05, 0.1) is 0 Å². The number of rotatable bonds is 7. The van der Waals surface area contributed by atoms with Crippen LogP contribution in [0.4, 0.5) is 4.79 Å². The van der Waals surface area contributed by atoms with Gasteiger partial charge in [-0.05, 0) is 70.1 Å². The number of carbonyl (C=O) groups excluding carboxylic acids is 2. The Morgan fingerprint density at radius 2 is 1.73 bits per heavy atom. The lowest BCUT2D eigenvalue weighted by atomic mass is 9.81. The highest BCUT2D eigenvalue weighted by atomic mass is 79.9. The molecular formula is C22H31BrN2O5. The third kappa shape index (κ3) is 8.34. The van der Waals surface area contributed by atoms with Crippen molar-refractivity contribution >= 4 is 33.9 Å². The summed E-state index contributed by atoms with van der Waals surface area (Å²) in [5.41, 5.74) is 0.319. The lowest BCUT2D eigenvalue weighted by Gasteiger charge is -2.29. The summed E-state index contributed by atoms with van der Waals surface area (Å²) in [6, 6.07) is 6.43. The predicted octanol–water partition coefficient (Wildman–Crippen LogP) is 3.89. The van der Waals surface area contributed by atoms with Gasteiger partial charge in [-0.25, -0.2) is 9.59 Å². The first-order valence-electron chi connectivity index (χ1n) is 10.3. The average Bonchev–Trinajstić information content (AvgIpc) is 2.66. The third-order valence-electron chi connectivity index (χ3n) is 5.12. The van der Waals surface area contributed by atoms with Gasteiger partial charge in [-0.1, -0.05) is 28.1 Å². The van der Waals surface area contributed by atoms with E-state index in [9.17, 15) is 19.5 Å². The molecule has 1 unspecified atom stereocenters. The Bertz CT molecular complexity index is 737. The SMILES string of the molecule is CC(C)(C)OC(=O)NCC1CCC(C(=O)NC(Cc2ccc(Br)cc2)C(=O)O)CC1. The van der Waals surface area contributed by atoms with E-state index in [1.165, 1.54) is 0 Å². The molecule has 1 atom stereocenters. The maximum Gasteiger partial charge on any atom is 0.407 e. The summed E-state index contributed by atoms with van der Waals surface area (Å²) in [6.07, 6.45) is 2.77. The zero-order valence-electron chi connectivity index (χ0n) is 17.7. The van der Waals surface area contributed by atoms with Crippen molar-refractivity contribution in [1.82, 2.24) is 10.6 Å². The van der Waals surface area contributed by atoms with Gasteiger partial charge in [0.15, 0.2) is 0 Å². The van der Waals surface area contributed by atoms with Crippen molar-refractivity contribution in [2.75, 3.05) is 6.54 Å². The lowest BCUT2D eigenvalue weighted by molar-refractivity contribution is -0.142. The molecule has 0 saturated heterocycles. The molecule has 0 aliphatic heterocycles. The normalized spacial score (nSPS) is 20.1. The van der Waals surface area contributed by atoms with Crippen molar-refractivity contribution in [1.29, 1.82) is 0 Å². The number of nitrogens with one attached hydrogen (secondary N) is 2. The van der Waals surface area contributed by atoms with Crippen molar-refractivity contribution in [2.45, 2.75) is 64.5 Å². The monoisotopic (exact) mass is 482 g/mol. The van der Waals surface area contributed by atoms with Crippen LogP contribution < -0.4 is 10.6 Å². The van der Waals surface area contributed by atoms with E-state index >= 15 is 0 Å². The van der Waals surface area contributed by atoms with Crippen LogP contribution in [-0.2, 0) is 20.7 Å². The van der Waals surface area contributed by atoms with Crippen LogP contribution in [0.2, 0.25) is 0 Å². The van der Waals surface area contributed by atoms with Gasteiger partial charge in [0.1, 0.15) is 11.6 Å².